The number of likely N-dealkylation sites (tertiary alicyclic amines) is 1. The molecular weight excluding hydrogens is 246 g/mol. The zero-order valence-corrected chi connectivity index (χ0v) is 11.5. The molecule has 0 bridgehead atoms. The third-order valence-electron chi connectivity index (χ3n) is 3.22. The van der Waals surface area contributed by atoms with Crippen LogP contribution >= 0.6 is 0 Å². The molecule has 1 aromatic carbocycles. The minimum atomic E-state index is -0.729. The van der Waals surface area contributed by atoms with Gasteiger partial charge in [0.05, 0.1) is 39.3 Å². The number of carbonyl (C=O) groups is 1. The summed E-state index contributed by atoms with van der Waals surface area (Å²) in [4.78, 5) is 13.6. The summed E-state index contributed by atoms with van der Waals surface area (Å²) in [5.41, 5.74) is 0.141. The molecule has 1 N–H and O–H groups in total. The maximum atomic E-state index is 12.0. The van der Waals surface area contributed by atoms with E-state index < -0.39 is 5.60 Å². The first-order valence-corrected chi connectivity index (χ1v) is 6.16. The Morgan fingerprint density at radius 2 is 1.95 bits per heavy atom. The van der Waals surface area contributed by atoms with Gasteiger partial charge in [0.15, 0.2) is 11.5 Å². The summed E-state index contributed by atoms with van der Waals surface area (Å²) in [5, 5.41) is 9.62. The van der Waals surface area contributed by atoms with Crippen molar-refractivity contribution in [3.05, 3.63) is 23.8 Å². The first-order valence-electron chi connectivity index (χ1n) is 6.16. The van der Waals surface area contributed by atoms with Crippen LogP contribution in [0.15, 0.2) is 18.2 Å². The molecule has 19 heavy (non-hydrogen) atoms. The van der Waals surface area contributed by atoms with Crippen LogP contribution in [0.4, 0.5) is 0 Å². The van der Waals surface area contributed by atoms with E-state index in [4.69, 9.17) is 9.47 Å². The highest BCUT2D eigenvalue weighted by Gasteiger charge is 2.39. The Kier molecular flexibility index (Phi) is 3.66. The summed E-state index contributed by atoms with van der Waals surface area (Å²) in [6, 6.07) is 5.43. The fraction of sp³-hybridized carbons (Fsp3) is 0.500. The second-order valence-electron chi connectivity index (χ2n) is 5.11. The van der Waals surface area contributed by atoms with Crippen LogP contribution in [-0.4, -0.2) is 48.8 Å². The summed E-state index contributed by atoms with van der Waals surface area (Å²) in [6.45, 7) is 2.53. The van der Waals surface area contributed by atoms with Gasteiger partial charge in [-0.05, 0) is 24.6 Å². The van der Waals surface area contributed by atoms with Crippen LogP contribution in [0.5, 0.6) is 11.5 Å². The summed E-state index contributed by atoms with van der Waals surface area (Å²) in [6.07, 6.45) is 0.302. The van der Waals surface area contributed by atoms with Crippen LogP contribution in [-0.2, 0) is 11.2 Å². The zero-order valence-electron chi connectivity index (χ0n) is 11.5. The van der Waals surface area contributed by atoms with Gasteiger partial charge in [-0.15, -0.1) is 0 Å². The van der Waals surface area contributed by atoms with E-state index in [2.05, 4.69) is 0 Å². The first kappa shape index (κ1) is 13.7. The molecule has 2 rings (SSSR count). The molecule has 1 aromatic rings. The van der Waals surface area contributed by atoms with Crippen LogP contribution in [0.25, 0.3) is 0 Å². The normalized spacial score (nSPS) is 16.7. The quantitative estimate of drug-likeness (QED) is 0.876. The van der Waals surface area contributed by atoms with E-state index in [1.165, 1.54) is 0 Å². The van der Waals surface area contributed by atoms with E-state index in [1.54, 1.807) is 38.2 Å². The van der Waals surface area contributed by atoms with Crippen LogP contribution in [0.2, 0.25) is 0 Å². The number of ether oxygens (including phenoxy) is 2. The number of benzene rings is 1. The van der Waals surface area contributed by atoms with Crippen molar-refractivity contribution in [3.8, 4) is 11.5 Å². The summed E-state index contributed by atoms with van der Waals surface area (Å²) in [7, 11) is 3.14. The molecule has 1 amide bonds. The molecular formula is C14H19NO4. The summed E-state index contributed by atoms with van der Waals surface area (Å²) < 4.78 is 10.4. The maximum absolute atomic E-state index is 12.0. The van der Waals surface area contributed by atoms with Crippen LogP contribution < -0.4 is 9.47 Å². The summed E-state index contributed by atoms with van der Waals surface area (Å²) >= 11 is 0. The second-order valence-corrected chi connectivity index (χ2v) is 5.11. The van der Waals surface area contributed by atoms with E-state index in [1.807, 2.05) is 6.07 Å². The van der Waals surface area contributed by atoms with Crippen molar-refractivity contribution in [3.63, 3.8) is 0 Å². The van der Waals surface area contributed by atoms with Crippen LogP contribution in [0.1, 0.15) is 12.5 Å². The zero-order chi connectivity index (χ0) is 14.0. The molecule has 5 heteroatoms. The molecule has 1 aliphatic heterocycles. The van der Waals surface area contributed by atoms with E-state index in [0.29, 0.717) is 31.0 Å². The number of nitrogens with zero attached hydrogens (tertiary/aromatic N) is 1. The molecule has 0 unspecified atom stereocenters. The van der Waals surface area contributed by atoms with Gasteiger partial charge in [-0.2, -0.15) is 0 Å². The number of rotatable bonds is 4. The van der Waals surface area contributed by atoms with Crippen LogP contribution in [0.3, 0.4) is 0 Å². The van der Waals surface area contributed by atoms with Gasteiger partial charge in [-0.25, -0.2) is 0 Å². The SMILES string of the molecule is COc1ccc(CC(=O)N2CC(C)(O)C2)cc1OC. The van der Waals surface area contributed by atoms with Gasteiger partial charge in [0.25, 0.3) is 0 Å². The van der Waals surface area contributed by atoms with E-state index in [9.17, 15) is 9.90 Å². The predicted octanol–water partition coefficient (Wildman–Crippen LogP) is 0.839. The molecule has 0 radical (unpaired) electrons. The second kappa shape index (κ2) is 5.09. The minimum absolute atomic E-state index is 0.0127. The molecule has 0 aliphatic carbocycles. The minimum Gasteiger partial charge on any atom is -0.493 e. The molecule has 104 valence electrons. The molecule has 1 fully saturated rings. The van der Waals surface area contributed by atoms with Gasteiger partial charge in [0, 0.05) is 0 Å². The molecule has 0 saturated carbocycles. The fourth-order valence-corrected chi connectivity index (χ4v) is 2.23. The average Bonchev–Trinajstić information content (AvgIpc) is 2.35. The highest BCUT2D eigenvalue weighted by atomic mass is 16.5. The van der Waals surface area contributed by atoms with E-state index in [0.717, 1.165) is 5.56 Å². The highest BCUT2D eigenvalue weighted by Crippen LogP contribution is 2.28. The summed E-state index contributed by atoms with van der Waals surface area (Å²) in [5.74, 6) is 1.27. The lowest BCUT2D eigenvalue weighted by molar-refractivity contribution is -0.151. The maximum Gasteiger partial charge on any atom is 0.227 e. The molecule has 1 aliphatic rings. The van der Waals surface area contributed by atoms with Crippen molar-refractivity contribution in [2.45, 2.75) is 18.9 Å². The lowest BCUT2D eigenvalue weighted by atomic mass is 9.96. The number of hydrogen-bond donors (Lipinski definition) is 1. The van der Waals surface area contributed by atoms with Gasteiger partial charge >= 0.3 is 0 Å². The highest BCUT2D eigenvalue weighted by molar-refractivity contribution is 5.80. The van der Waals surface area contributed by atoms with Gasteiger partial charge in [0.2, 0.25) is 5.91 Å². The van der Waals surface area contributed by atoms with Crippen molar-refractivity contribution in [1.82, 2.24) is 4.90 Å². The lowest BCUT2D eigenvalue weighted by Gasteiger charge is -2.44. The topological polar surface area (TPSA) is 59.0 Å². The number of aliphatic hydroxyl groups is 1. The Hall–Kier alpha value is -1.75. The number of hydrogen-bond acceptors (Lipinski definition) is 4. The Morgan fingerprint density at radius 1 is 1.32 bits per heavy atom. The Balaban J connectivity index is 2.01. The van der Waals surface area contributed by atoms with Crippen LogP contribution in [0, 0.1) is 0 Å². The first-order chi connectivity index (χ1) is 8.95. The molecule has 0 atom stereocenters. The molecule has 1 heterocycles. The molecule has 0 spiro atoms. The fourth-order valence-electron chi connectivity index (χ4n) is 2.23. The third-order valence-corrected chi connectivity index (χ3v) is 3.22. The van der Waals surface area contributed by atoms with Crippen molar-refractivity contribution in [2.24, 2.45) is 0 Å². The number of methoxy groups -OCH3 is 2. The number of amides is 1. The standard InChI is InChI=1S/C14H19NO4/c1-14(17)8-15(9-14)13(16)7-10-4-5-11(18-2)12(6-10)19-3/h4-6,17H,7-9H2,1-3H3. The monoisotopic (exact) mass is 265 g/mol. The Bertz CT molecular complexity index is 476. The van der Waals surface area contributed by atoms with E-state index >= 15 is 0 Å². The molecule has 1 saturated heterocycles. The molecule has 5 nitrogen and oxygen atoms in total. The van der Waals surface area contributed by atoms with Gasteiger partial charge in [-0.3, -0.25) is 4.79 Å². The van der Waals surface area contributed by atoms with Gasteiger partial charge in [-0.1, -0.05) is 6.07 Å². The van der Waals surface area contributed by atoms with Crippen molar-refractivity contribution < 1.29 is 19.4 Å². The average molecular weight is 265 g/mol. The van der Waals surface area contributed by atoms with Crippen molar-refractivity contribution in [1.29, 1.82) is 0 Å². The Labute approximate surface area is 112 Å². The van der Waals surface area contributed by atoms with Crippen molar-refractivity contribution >= 4 is 5.91 Å². The predicted molar refractivity (Wildman–Crippen MR) is 70.5 cm³/mol. The molecule has 0 aromatic heterocycles. The number of carbonyl (C=O) groups excluding carboxylic acids is 1. The number of β-amino-alcohol motifs (C(OH)–C–C–N with tert-alkyl or cyclic N) is 1. The van der Waals surface area contributed by atoms with Crippen molar-refractivity contribution in [2.75, 3.05) is 27.3 Å². The largest absolute Gasteiger partial charge is 0.493 e. The van der Waals surface area contributed by atoms with Gasteiger partial charge in [0.1, 0.15) is 0 Å². The smallest absolute Gasteiger partial charge is 0.227 e. The lowest BCUT2D eigenvalue weighted by Crippen LogP contribution is -2.62. The third kappa shape index (κ3) is 2.98. The van der Waals surface area contributed by atoms with E-state index in [-0.39, 0.29) is 5.91 Å². The Morgan fingerprint density at radius 3 is 2.47 bits per heavy atom. The van der Waals surface area contributed by atoms with Gasteiger partial charge < -0.3 is 19.5 Å².